The van der Waals surface area contributed by atoms with Crippen LogP contribution in [0.3, 0.4) is 0 Å². The average Bonchev–Trinajstić information content (AvgIpc) is 3.16. The first-order valence-corrected chi connectivity index (χ1v) is 8.70. The van der Waals surface area contributed by atoms with Crippen molar-refractivity contribution < 1.29 is 9.53 Å². The fourth-order valence-corrected chi connectivity index (χ4v) is 3.29. The van der Waals surface area contributed by atoms with Gasteiger partial charge in [0, 0.05) is 18.5 Å². The van der Waals surface area contributed by atoms with Crippen LogP contribution in [0.25, 0.3) is 11.4 Å². The molecule has 0 unspecified atom stereocenters. The van der Waals surface area contributed by atoms with E-state index in [0.29, 0.717) is 30.6 Å². The number of hydrogen-bond donors (Lipinski definition) is 1. The van der Waals surface area contributed by atoms with E-state index in [2.05, 4.69) is 11.1 Å². The van der Waals surface area contributed by atoms with Gasteiger partial charge in [0.15, 0.2) is 0 Å². The van der Waals surface area contributed by atoms with Gasteiger partial charge in [0.25, 0.3) is 5.91 Å². The number of carbonyl (C=O) groups excluding carboxylic acids is 1. The van der Waals surface area contributed by atoms with Crippen LogP contribution in [0, 0.1) is 11.3 Å². The molecule has 3 aromatic rings. The van der Waals surface area contributed by atoms with E-state index in [0.717, 1.165) is 28.5 Å². The number of nitrogens with zero attached hydrogens (tertiary/aromatic N) is 3. The summed E-state index contributed by atoms with van der Waals surface area (Å²) in [5.41, 5.74) is 3.74. The van der Waals surface area contributed by atoms with Gasteiger partial charge in [0.1, 0.15) is 11.6 Å². The summed E-state index contributed by atoms with van der Waals surface area (Å²) < 4.78 is 5.19. The maximum Gasteiger partial charge on any atom is 0.255 e. The summed E-state index contributed by atoms with van der Waals surface area (Å²) in [5, 5.41) is 9.24. The summed E-state index contributed by atoms with van der Waals surface area (Å²) in [7, 11) is 1.64. The van der Waals surface area contributed by atoms with E-state index in [-0.39, 0.29) is 5.91 Å². The Morgan fingerprint density at radius 2 is 2.00 bits per heavy atom. The molecule has 1 aliphatic rings. The van der Waals surface area contributed by atoms with Crippen molar-refractivity contribution >= 4 is 5.91 Å². The Kier molecular flexibility index (Phi) is 4.35. The highest BCUT2D eigenvalue weighted by Gasteiger charge is 2.26. The van der Waals surface area contributed by atoms with Gasteiger partial charge >= 0.3 is 0 Å². The average molecular weight is 358 g/mol. The lowest BCUT2D eigenvalue weighted by atomic mass is 10.1. The normalized spacial score (nSPS) is 13.0. The molecule has 6 nitrogen and oxygen atoms in total. The molecule has 0 fully saturated rings. The highest BCUT2D eigenvalue weighted by Crippen LogP contribution is 2.25. The molecule has 27 heavy (non-hydrogen) atoms. The molecule has 0 saturated heterocycles. The van der Waals surface area contributed by atoms with Crippen molar-refractivity contribution in [1.29, 1.82) is 5.26 Å². The zero-order valence-electron chi connectivity index (χ0n) is 14.9. The first kappa shape index (κ1) is 16.9. The Bertz CT molecular complexity index is 1030. The minimum atomic E-state index is -0.126. The topological polar surface area (TPSA) is 82.0 Å². The van der Waals surface area contributed by atoms with Gasteiger partial charge in [-0.05, 0) is 36.4 Å². The van der Waals surface area contributed by atoms with Gasteiger partial charge in [-0.15, -0.1) is 0 Å². The maximum atomic E-state index is 12.9. The van der Waals surface area contributed by atoms with E-state index < -0.39 is 0 Å². The molecule has 134 valence electrons. The van der Waals surface area contributed by atoms with Crippen LogP contribution >= 0.6 is 0 Å². The number of aromatic nitrogens is 2. The number of hydrogen-bond acceptors (Lipinski definition) is 4. The first-order chi connectivity index (χ1) is 13.2. The van der Waals surface area contributed by atoms with Crippen LogP contribution in [-0.2, 0) is 13.0 Å². The van der Waals surface area contributed by atoms with Crippen molar-refractivity contribution in [2.24, 2.45) is 0 Å². The molecular formula is C21H18N4O2. The molecule has 1 aromatic heterocycles. The van der Waals surface area contributed by atoms with Crippen LogP contribution in [0.5, 0.6) is 5.75 Å². The number of carbonyl (C=O) groups is 1. The van der Waals surface area contributed by atoms with Gasteiger partial charge in [0.2, 0.25) is 0 Å². The van der Waals surface area contributed by atoms with Gasteiger partial charge in [-0.1, -0.05) is 12.1 Å². The maximum absolute atomic E-state index is 12.9. The highest BCUT2D eigenvalue weighted by atomic mass is 16.5. The summed E-state index contributed by atoms with van der Waals surface area (Å²) in [6.45, 7) is 1.04. The second-order valence-corrected chi connectivity index (χ2v) is 6.37. The van der Waals surface area contributed by atoms with Crippen LogP contribution < -0.4 is 4.74 Å². The van der Waals surface area contributed by atoms with Gasteiger partial charge in [-0.25, -0.2) is 4.98 Å². The first-order valence-electron chi connectivity index (χ1n) is 8.70. The molecule has 0 radical (unpaired) electrons. The molecule has 2 heterocycles. The third-order valence-electron chi connectivity index (χ3n) is 4.76. The molecule has 1 amide bonds. The minimum absolute atomic E-state index is 0.126. The Morgan fingerprint density at radius 3 is 2.74 bits per heavy atom. The number of fused-ring (bicyclic) bond motifs is 1. The number of H-pyrrole nitrogens is 1. The molecule has 0 spiro atoms. The number of nitrogens with one attached hydrogen (secondary N) is 1. The number of aromatic amines is 1. The summed E-state index contributed by atoms with van der Waals surface area (Å²) >= 11 is 0. The van der Waals surface area contributed by atoms with Crippen LogP contribution in [0.4, 0.5) is 0 Å². The summed E-state index contributed by atoms with van der Waals surface area (Å²) in [6, 6.07) is 16.7. The van der Waals surface area contributed by atoms with Crippen molar-refractivity contribution in [3.63, 3.8) is 0 Å². The molecule has 0 atom stereocenters. The van der Waals surface area contributed by atoms with E-state index in [1.54, 1.807) is 36.3 Å². The largest absolute Gasteiger partial charge is 0.497 e. The minimum Gasteiger partial charge on any atom is -0.497 e. The third kappa shape index (κ3) is 3.15. The van der Waals surface area contributed by atoms with Crippen molar-refractivity contribution in [3.05, 3.63) is 71.0 Å². The molecule has 0 saturated carbocycles. The summed E-state index contributed by atoms with van der Waals surface area (Å²) in [5.74, 6) is 1.45. The highest BCUT2D eigenvalue weighted by molar-refractivity contribution is 5.96. The predicted octanol–water partition coefficient (Wildman–Crippen LogP) is 3.16. The monoisotopic (exact) mass is 358 g/mol. The van der Waals surface area contributed by atoms with Crippen molar-refractivity contribution in [3.8, 4) is 23.2 Å². The van der Waals surface area contributed by atoms with Crippen LogP contribution in [0.2, 0.25) is 0 Å². The molecular weight excluding hydrogens is 340 g/mol. The standard InChI is InChI=1S/C21H18N4O2/c1-27-16-8-6-14(7-9-16)20-23-18-10-11-25(13-19(18)24-20)21(26)17-5-3-2-4-15(17)12-22/h2-9H,10-11,13H2,1H3,(H,23,24). The lowest BCUT2D eigenvalue weighted by molar-refractivity contribution is 0.0731. The quantitative estimate of drug-likeness (QED) is 0.780. The van der Waals surface area contributed by atoms with Gasteiger partial charge < -0.3 is 14.6 Å². The molecule has 6 heteroatoms. The second-order valence-electron chi connectivity index (χ2n) is 6.37. The van der Waals surface area contributed by atoms with E-state index in [9.17, 15) is 10.1 Å². The van der Waals surface area contributed by atoms with Crippen LogP contribution in [0.1, 0.15) is 27.3 Å². The van der Waals surface area contributed by atoms with Crippen molar-refractivity contribution in [1.82, 2.24) is 14.9 Å². The summed E-state index contributed by atoms with van der Waals surface area (Å²) in [6.07, 6.45) is 0.683. The van der Waals surface area contributed by atoms with Crippen molar-refractivity contribution in [2.75, 3.05) is 13.7 Å². The van der Waals surface area contributed by atoms with E-state index in [1.807, 2.05) is 24.3 Å². The zero-order chi connectivity index (χ0) is 18.8. The van der Waals surface area contributed by atoms with Gasteiger partial charge in [-0.2, -0.15) is 5.26 Å². The molecule has 1 aliphatic heterocycles. The fourth-order valence-electron chi connectivity index (χ4n) is 3.29. The number of amides is 1. The number of methoxy groups -OCH3 is 1. The molecule has 2 aromatic carbocycles. The number of imidazole rings is 1. The molecule has 0 bridgehead atoms. The second kappa shape index (κ2) is 6.96. The third-order valence-corrected chi connectivity index (χ3v) is 4.76. The Labute approximate surface area is 157 Å². The molecule has 1 N–H and O–H groups in total. The zero-order valence-corrected chi connectivity index (χ0v) is 14.9. The Balaban J connectivity index is 1.57. The predicted molar refractivity (Wildman–Crippen MR) is 100 cm³/mol. The smallest absolute Gasteiger partial charge is 0.255 e. The SMILES string of the molecule is COc1ccc(-c2nc3c([nH]2)CN(C(=O)c2ccccc2C#N)CC3)cc1. The molecule has 0 aliphatic carbocycles. The Hall–Kier alpha value is -3.59. The lowest BCUT2D eigenvalue weighted by Crippen LogP contribution is -2.36. The molecule has 4 rings (SSSR count). The lowest BCUT2D eigenvalue weighted by Gasteiger charge is -2.26. The van der Waals surface area contributed by atoms with Gasteiger partial charge in [-0.3, -0.25) is 4.79 Å². The number of benzene rings is 2. The van der Waals surface area contributed by atoms with E-state index in [1.165, 1.54) is 0 Å². The van der Waals surface area contributed by atoms with Crippen LogP contribution in [0.15, 0.2) is 48.5 Å². The fraction of sp³-hybridized carbons (Fsp3) is 0.190. The van der Waals surface area contributed by atoms with Gasteiger partial charge in [0.05, 0.1) is 42.2 Å². The number of rotatable bonds is 3. The van der Waals surface area contributed by atoms with Crippen LogP contribution in [-0.4, -0.2) is 34.4 Å². The summed E-state index contributed by atoms with van der Waals surface area (Å²) in [4.78, 5) is 22.7. The number of nitriles is 1. The van der Waals surface area contributed by atoms with Crippen molar-refractivity contribution in [2.45, 2.75) is 13.0 Å². The Morgan fingerprint density at radius 1 is 1.22 bits per heavy atom. The van der Waals surface area contributed by atoms with E-state index >= 15 is 0 Å². The number of ether oxygens (including phenoxy) is 1. The van der Waals surface area contributed by atoms with E-state index in [4.69, 9.17) is 9.72 Å².